The van der Waals surface area contributed by atoms with Gasteiger partial charge >= 0.3 is 5.97 Å². The molecule has 1 aliphatic rings. The van der Waals surface area contributed by atoms with E-state index in [2.05, 4.69) is 42.8 Å². The number of benzene rings is 1. The lowest BCUT2D eigenvalue weighted by Crippen LogP contribution is -2.38. The van der Waals surface area contributed by atoms with Crippen LogP contribution in [0.4, 0.5) is 0 Å². The number of carbonyl (C=O) groups excluding carboxylic acids is 1. The molecule has 1 aromatic heterocycles. The van der Waals surface area contributed by atoms with Gasteiger partial charge in [-0.2, -0.15) is 0 Å². The van der Waals surface area contributed by atoms with E-state index in [1.54, 1.807) is 0 Å². The molecule has 0 spiro atoms. The molecule has 1 unspecified atom stereocenters. The Kier molecular flexibility index (Phi) is 3.52. The van der Waals surface area contributed by atoms with Gasteiger partial charge in [-0.3, -0.25) is 4.79 Å². The SMILES string of the molecule is CCCC(=O)OC1(C)CCc2c(c3ccccc3n2C)C1. The second-order valence-electron chi connectivity index (χ2n) is 6.35. The number of aromatic nitrogens is 1. The van der Waals surface area contributed by atoms with Crippen molar-refractivity contribution in [2.45, 2.75) is 51.6 Å². The summed E-state index contributed by atoms with van der Waals surface area (Å²) in [5.41, 5.74) is 3.65. The molecule has 3 heteroatoms. The summed E-state index contributed by atoms with van der Waals surface area (Å²) in [5, 5.41) is 1.30. The fourth-order valence-corrected chi connectivity index (χ4v) is 3.50. The number of nitrogens with zero attached hydrogens (tertiary/aromatic N) is 1. The van der Waals surface area contributed by atoms with Crippen LogP contribution in [-0.2, 0) is 29.4 Å². The molecular weight excluding hydrogens is 262 g/mol. The molecule has 1 aromatic carbocycles. The van der Waals surface area contributed by atoms with Crippen molar-refractivity contribution in [3.05, 3.63) is 35.5 Å². The number of hydrogen-bond acceptors (Lipinski definition) is 2. The van der Waals surface area contributed by atoms with Crippen LogP contribution >= 0.6 is 0 Å². The van der Waals surface area contributed by atoms with Crippen LogP contribution in [0.5, 0.6) is 0 Å². The van der Waals surface area contributed by atoms with Crippen LogP contribution in [0.25, 0.3) is 10.9 Å². The maximum atomic E-state index is 11.9. The van der Waals surface area contributed by atoms with Gasteiger partial charge < -0.3 is 9.30 Å². The Morgan fingerprint density at radius 2 is 2.14 bits per heavy atom. The van der Waals surface area contributed by atoms with E-state index in [9.17, 15) is 4.79 Å². The summed E-state index contributed by atoms with van der Waals surface area (Å²) in [7, 11) is 2.13. The molecule has 21 heavy (non-hydrogen) atoms. The predicted molar refractivity (Wildman–Crippen MR) is 84.3 cm³/mol. The predicted octanol–water partition coefficient (Wildman–Crippen LogP) is 3.77. The molecule has 0 fully saturated rings. The molecule has 0 radical (unpaired) electrons. The fraction of sp³-hybridized carbons (Fsp3) is 0.500. The van der Waals surface area contributed by atoms with E-state index in [1.165, 1.54) is 22.2 Å². The molecule has 0 bridgehead atoms. The third-order valence-electron chi connectivity index (χ3n) is 4.60. The Bertz CT molecular complexity index is 686. The van der Waals surface area contributed by atoms with Crippen molar-refractivity contribution in [1.29, 1.82) is 0 Å². The summed E-state index contributed by atoms with van der Waals surface area (Å²) in [6.07, 6.45) is 4.04. The van der Waals surface area contributed by atoms with Gasteiger partial charge in [0.1, 0.15) is 5.60 Å². The van der Waals surface area contributed by atoms with Gasteiger partial charge in [0.15, 0.2) is 0 Å². The highest BCUT2D eigenvalue weighted by molar-refractivity contribution is 5.86. The average molecular weight is 285 g/mol. The Balaban J connectivity index is 1.95. The smallest absolute Gasteiger partial charge is 0.306 e. The first kappa shape index (κ1) is 14.2. The molecule has 3 nitrogen and oxygen atoms in total. The molecule has 3 rings (SSSR count). The van der Waals surface area contributed by atoms with Gasteiger partial charge in [0.25, 0.3) is 0 Å². The van der Waals surface area contributed by atoms with Crippen molar-refractivity contribution in [2.24, 2.45) is 7.05 Å². The van der Waals surface area contributed by atoms with E-state index in [1.807, 2.05) is 6.92 Å². The van der Waals surface area contributed by atoms with E-state index in [0.29, 0.717) is 6.42 Å². The lowest BCUT2D eigenvalue weighted by Gasteiger charge is -2.34. The number of carbonyl (C=O) groups is 1. The third kappa shape index (κ3) is 2.45. The Labute approximate surface area is 125 Å². The minimum Gasteiger partial charge on any atom is -0.459 e. The number of ether oxygens (including phenoxy) is 1. The van der Waals surface area contributed by atoms with Crippen molar-refractivity contribution in [3.63, 3.8) is 0 Å². The second kappa shape index (κ2) is 5.21. The molecule has 1 heterocycles. The zero-order valence-electron chi connectivity index (χ0n) is 13.1. The van der Waals surface area contributed by atoms with Crippen molar-refractivity contribution in [2.75, 3.05) is 0 Å². The first-order valence-corrected chi connectivity index (χ1v) is 7.81. The summed E-state index contributed by atoms with van der Waals surface area (Å²) in [4.78, 5) is 11.9. The molecule has 112 valence electrons. The molecule has 0 N–H and O–H groups in total. The number of esters is 1. The number of fused-ring (bicyclic) bond motifs is 3. The molecule has 2 aromatic rings. The summed E-state index contributed by atoms with van der Waals surface area (Å²) >= 11 is 0. The van der Waals surface area contributed by atoms with Crippen LogP contribution in [0, 0.1) is 0 Å². The summed E-state index contributed by atoms with van der Waals surface area (Å²) < 4.78 is 8.08. The monoisotopic (exact) mass is 285 g/mol. The zero-order chi connectivity index (χ0) is 15.0. The number of rotatable bonds is 3. The minimum atomic E-state index is -0.358. The molecule has 0 aliphatic heterocycles. The highest BCUT2D eigenvalue weighted by Gasteiger charge is 2.35. The topological polar surface area (TPSA) is 31.2 Å². The molecule has 1 atom stereocenters. The lowest BCUT2D eigenvalue weighted by atomic mass is 9.83. The lowest BCUT2D eigenvalue weighted by molar-refractivity contribution is -0.159. The van der Waals surface area contributed by atoms with Gasteiger partial charge in [-0.15, -0.1) is 0 Å². The van der Waals surface area contributed by atoms with Crippen molar-refractivity contribution in [1.82, 2.24) is 4.57 Å². The Hall–Kier alpha value is -1.77. The maximum absolute atomic E-state index is 11.9. The standard InChI is InChI=1S/C18H23NO2/c1-4-7-17(20)21-18(2)11-10-16-14(12-18)13-8-5-6-9-15(13)19(16)3/h5-6,8-9H,4,7,10-12H2,1-3H3. The van der Waals surface area contributed by atoms with Gasteiger partial charge in [0.05, 0.1) is 0 Å². The highest BCUT2D eigenvalue weighted by atomic mass is 16.6. The van der Waals surface area contributed by atoms with Crippen molar-refractivity contribution >= 4 is 16.9 Å². The van der Waals surface area contributed by atoms with E-state index in [-0.39, 0.29) is 11.6 Å². The van der Waals surface area contributed by atoms with E-state index < -0.39 is 0 Å². The fourth-order valence-electron chi connectivity index (χ4n) is 3.50. The number of para-hydroxylation sites is 1. The summed E-state index contributed by atoms with van der Waals surface area (Å²) in [6, 6.07) is 8.49. The summed E-state index contributed by atoms with van der Waals surface area (Å²) in [6.45, 7) is 4.08. The first-order chi connectivity index (χ1) is 10.0. The second-order valence-corrected chi connectivity index (χ2v) is 6.35. The zero-order valence-corrected chi connectivity index (χ0v) is 13.1. The van der Waals surface area contributed by atoms with Crippen LogP contribution in [0.15, 0.2) is 24.3 Å². The Morgan fingerprint density at radius 1 is 1.38 bits per heavy atom. The number of hydrogen-bond donors (Lipinski definition) is 0. The quantitative estimate of drug-likeness (QED) is 0.804. The first-order valence-electron chi connectivity index (χ1n) is 7.81. The van der Waals surface area contributed by atoms with Crippen LogP contribution in [0.2, 0.25) is 0 Å². The maximum Gasteiger partial charge on any atom is 0.306 e. The van der Waals surface area contributed by atoms with Gasteiger partial charge in [-0.25, -0.2) is 0 Å². The van der Waals surface area contributed by atoms with Gasteiger partial charge in [-0.05, 0) is 37.8 Å². The van der Waals surface area contributed by atoms with E-state index in [4.69, 9.17) is 4.74 Å². The van der Waals surface area contributed by atoms with Crippen molar-refractivity contribution < 1.29 is 9.53 Å². The molecule has 0 saturated carbocycles. The van der Waals surface area contributed by atoms with Gasteiger partial charge in [0, 0.05) is 36.5 Å². The largest absolute Gasteiger partial charge is 0.459 e. The minimum absolute atomic E-state index is 0.0660. The highest BCUT2D eigenvalue weighted by Crippen LogP contribution is 2.37. The number of aryl methyl sites for hydroxylation is 1. The van der Waals surface area contributed by atoms with Gasteiger partial charge in [-0.1, -0.05) is 25.1 Å². The van der Waals surface area contributed by atoms with E-state index in [0.717, 1.165) is 25.7 Å². The summed E-state index contributed by atoms with van der Waals surface area (Å²) in [5.74, 6) is -0.0660. The van der Waals surface area contributed by atoms with Crippen LogP contribution in [-0.4, -0.2) is 16.1 Å². The molecule has 1 aliphatic carbocycles. The molecular formula is C18H23NO2. The third-order valence-corrected chi connectivity index (χ3v) is 4.60. The average Bonchev–Trinajstić information content (AvgIpc) is 2.72. The normalized spacial score (nSPS) is 21.3. The van der Waals surface area contributed by atoms with E-state index >= 15 is 0 Å². The van der Waals surface area contributed by atoms with Crippen molar-refractivity contribution in [3.8, 4) is 0 Å². The van der Waals surface area contributed by atoms with Gasteiger partial charge in [0.2, 0.25) is 0 Å². The Morgan fingerprint density at radius 3 is 2.90 bits per heavy atom. The van der Waals surface area contributed by atoms with Crippen LogP contribution in [0.1, 0.15) is 44.4 Å². The molecule has 0 amide bonds. The van der Waals surface area contributed by atoms with Crippen LogP contribution in [0.3, 0.4) is 0 Å². The molecule has 0 saturated heterocycles. The van der Waals surface area contributed by atoms with Crippen LogP contribution < -0.4 is 0 Å².